The summed E-state index contributed by atoms with van der Waals surface area (Å²) in [4.78, 5) is 3.26. The van der Waals surface area contributed by atoms with Crippen LogP contribution in [0.2, 0.25) is 0 Å². The minimum atomic E-state index is -0.0372. The zero-order valence-electron chi connectivity index (χ0n) is 13.7. The highest BCUT2D eigenvalue weighted by molar-refractivity contribution is 6.00. The van der Waals surface area contributed by atoms with Gasteiger partial charge in [-0.05, 0) is 23.8 Å². The molecule has 0 aliphatic carbocycles. The first-order chi connectivity index (χ1) is 12.9. The first-order valence-corrected chi connectivity index (χ1v) is 8.46. The Bertz CT molecular complexity index is 1170. The van der Waals surface area contributed by atoms with Crippen molar-refractivity contribution in [3.8, 4) is 22.6 Å². The number of rotatable bonds is 1. The monoisotopic (exact) mass is 342 g/mol. The molecule has 1 atom stereocenters. The summed E-state index contributed by atoms with van der Waals surface area (Å²) in [5.74, 6) is 1.56. The standard InChI is InChI=1S/C20H14N4O2/c1-2-4-15-12(3-1)13-9-22-24-20-18(13)14(8-21-20)19(23-15)11-5-6-16-17(7-11)26-10-25-16/h1-9,19,23H,10H2,(H,21,24). The first kappa shape index (κ1) is 13.7. The van der Waals surface area contributed by atoms with Crippen LogP contribution in [-0.4, -0.2) is 22.0 Å². The molecule has 2 aliphatic rings. The predicted octanol–water partition coefficient (Wildman–Crippen LogP) is 3.87. The third-order valence-electron chi connectivity index (χ3n) is 5.06. The zero-order valence-corrected chi connectivity index (χ0v) is 13.7. The van der Waals surface area contributed by atoms with Crippen LogP contribution in [-0.2, 0) is 0 Å². The normalized spacial score (nSPS) is 16.8. The number of anilines is 1. The highest BCUT2D eigenvalue weighted by atomic mass is 16.7. The Morgan fingerprint density at radius 3 is 2.92 bits per heavy atom. The van der Waals surface area contributed by atoms with E-state index in [1.54, 1.807) is 0 Å². The number of nitrogens with one attached hydrogen (secondary N) is 2. The van der Waals surface area contributed by atoms with Crippen LogP contribution in [0.4, 0.5) is 5.69 Å². The van der Waals surface area contributed by atoms with Crippen LogP contribution in [0.15, 0.2) is 54.9 Å². The number of aromatic nitrogens is 3. The molecule has 0 saturated carbocycles. The number of fused-ring (bicyclic) bond motifs is 3. The number of H-pyrrole nitrogens is 1. The average Bonchev–Trinajstić information content (AvgIpc) is 3.29. The van der Waals surface area contributed by atoms with Crippen molar-refractivity contribution >= 4 is 16.7 Å². The van der Waals surface area contributed by atoms with Crippen LogP contribution >= 0.6 is 0 Å². The van der Waals surface area contributed by atoms with Crippen LogP contribution in [0.3, 0.4) is 0 Å². The summed E-state index contributed by atoms with van der Waals surface area (Å²) >= 11 is 0. The van der Waals surface area contributed by atoms with Crippen LogP contribution in [0.5, 0.6) is 11.5 Å². The molecule has 2 aromatic carbocycles. The molecule has 0 spiro atoms. The van der Waals surface area contributed by atoms with Crippen molar-refractivity contribution in [2.45, 2.75) is 6.04 Å². The SMILES string of the molecule is c1ccc2c(c1)NC(c1ccc3c(c1)OCO3)c1c[nH]c3nncc-2c13. The van der Waals surface area contributed by atoms with Crippen LogP contribution in [0.25, 0.3) is 22.2 Å². The maximum Gasteiger partial charge on any atom is 0.231 e. The van der Waals surface area contributed by atoms with Crippen LogP contribution < -0.4 is 14.8 Å². The lowest BCUT2D eigenvalue weighted by atomic mass is 9.97. The number of hydrogen-bond acceptors (Lipinski definition) is 5. The van der Waals surface area contributed by atoms with Gasteiger partial charge < -0.3 is 19.8 Å². The van der Waals surface area contributed by atoms with Gasteiger partial charge in [-0.1, -0.05) is 24.3 Å². The van der Waals surface area contributed by atoms with Gasteiger partial charge in [-0.2, -0.15) is 5.10 Å². The van der Waals surface area contributed by atoms with E-state index in [4.69, 9.17) is 9.47 Å². The number of nitrogens with zero attached hydrogens (tertiary/aromatic N) is 2. The molecule has 126 valence electrons. The molecule has 0 fully saturated rings. The largest absolute Gasteiger partial charge is 0.454 e. The van der Waals surface area contributed by atoms with Crippen molar-refractivity contribution in [1.82, 2.24) is 15.2 Å². The highest BCUT2D eigenvalue weighted by Gasteiger charge is 2.27. The van der Waals surface area contributed by atoms with Crippen molar-refractivity contribution in [1.29, 1.82) is 0 Å². The summed E-state index contributed by atoms with van der Waals surface area (Å²) in [5, 5.41) is 13.2. The summed E-state index contributed by atoms with van der Waals surface area (Å²) in [6.45, 7) is 0.270. The van der Waals surface area contributed by atoms with Crippen molar-refractivity contribution in [3.05, 3.63) is 66.0 Å². The van der Waals surface area contributed by atoms with E-state index in [1.165, 1.54) is 0 Å². The van der Waals surface area contributed by atoms with E-state index < -0.39 is 0 Å². The van der Waals surface area contributed by atoms with Crippen molar-refractivity contribution in [3.63, 3.8) is 0 Å². The van der Waals surface area contributed by atoms with Gasteiger partial charge in [-0.25, -0.2) is 0 Å². The van der Waals surface area contributed by atoms with E-state index in [2.05, 4.69) is 38.7 Å². The molecule has 6 nitrogen and oxygen atoms in total. The molecule has 26 heavy (non-hydrogen) atoms. The summed E-state index contributed by atoms with van der Waals surface area (Å²) in [5.41, 5.74) is 6.31. The molecule has 6 heteroatoms. The average molecular weight is 342 g/mol. The molecular formula is C20H14N4O2. The van der Waals surface area contributed by atoms with Gasteiger partial charge in [0.05, 0.1) is 12.2 Å². The maximum atomic E-state index is 5.57. The number of aromatic amines is 1. The van der Waals surface area contributed by atoms with Gasteiger partial charge >= 0.3 is 0 Å². The molecule has 0 amide bonds. The quantitative estimate of drug-likeness (QED) is 0.549. The molecule has 2 aliphatic heterocycles. The number of ether oxygens (including phenoxy) is 2. The predicted molar refractivity (Wildman–Crippen MR) is 97.4 cm³/mol. The lowest BCUT2D eigenvalue weighted by Gasteiger charge is -2.19. The van der Waals surface area contributed by atoms with Crippen molar-refractivity contribution in [2.75, 3.05) is 12.1 Å². The van der Waals surface area contributed by atoms with Crippen molar-refractivity contribution < 1.29 is 9.47 Å². The molecule has 0 bridgehead atoms. The summed E-state index contributed by atoms with van der Waals surface area (Å²) in [6.07, 6.45) is 3.85. The van der Waals surface area contributed by atoms with Gasteiger partial charge in [-0.3, -0.25) is 0 Å². The summed E-state index contributed by atoms with van der Waals surface area (Å²) in [6, 6.07) is 14.3. The fourth-order valence-electron chi connectivity index (χ4n) is 3.86. The minimum Gasteiger partial charge on any atom is -0.454 e. The lowest BCUT2D eigenvalue weighted by molar-refractivity contribution is 0.174. The molecule has 0 radical (unpaired) electrons. The number of para-hydroxylation sites is 1. The van der Waals surface area contributed by atoms with Gasteiger partial charge in [0.1, 0.15) is 0 Å². The third kappa shape index (κ3) is 1.81. The van der Waals surface area contributed by atoms with E-state index in [1.807, 2.05) is 36.7 Å². The molecule has 1 unspecified atom stereocenters. The number of benzene rings is 2. The first-order valence-electron chi connectivity index (χ1n) is 8.46. The second kappa shape index (κ2) is 4.98. The zero-order chi connectivity index (χ0) is 17.1. The van der Waals surface area contributed by atoms with E-state index in [0.29, 0.717) is 0 Å². The topological polar surface area (TPSA) is 72.1 Å². The molecule has 2 N–H and O–H groups in total. The van der Waals surface area contributed by atoms with Crippen molar-refractivity contribution in [2.24, 2.45) is 0 Å². The van der Waals surface area contributed by atoms with Gasteiger partial charge in [0, 0.05) is 34.0 Å². The molecule has 0 saturated heterocycles. The van der Waals surface area contributed by atoms with Gasteiger partial charge in [0.2, 0.25) is 6.79 Å². The second-order valence-corrected chi connectivity index (χ2v) is 6.46. The van der Waals surface area contributed by atoms with Gasteiger partial charge in [0.25, 0.3) is 0 Å². The van der Waals surface area contributed by atoms with E-state index in [9.17, 15) is 0 Å². The Morgan fingerprint density at radius 1 is 1.00 bits per heavy atom. The van der Waals surface area contributed by atoms with Gasteiger partial charge in [-0.15, -0.1) is 5.10 Å². The third-order valence-corrected chi connectivity index (χ3v) is 5.06. The fourth-order valence-corrected chi connectivity index (χ4v) is 3.86. The Balaban J connectivity index is 1.63. The Morgan fingerprint density at radius 2 is 1.92 bits per heavy atom. The Labute approximate surface area is 148 Å². The summed E-state index contributed by atoms with van der Waals surface area (Å²) in [7, 11) is 0. The highest BCUT2D eigenvalue weighted by Crippen LogP contribution is 2.44. The Kier molecular flexibility index (Phi) is 2.63. The minimum absolute atomic E-state index is 0.0372. The lowest BCUT2D eigenvalue weighted by Crippen LogP contribution is -2.11. The molecule has 6 rings (SSSR count). The maximum absolute atomic E-state index is 5.57. The molecular weight excluding hydrogens is 328 g/mol. The Hall–Kier alpha value is -3.54. The molecule has 4 heterocycles. The van der Waals surface area contributed by atoms with E-state index in [-0.39, 0.29) is 12.8 Å². The fraction of sp³-hybridized carbons (Fsp3) is 0.100. The second-order valence-electron chi connectivity index (χ2n) is 6.46. The van der Waals surface area contributed by atoms with E-state index in [0.717, 1.165) is 50.5 Å². The smallest absolute Gasteiger partial charge is 0.231 e. The van der Waals surface area contributed by atoms with Crippen LogP contribution in [0, 0.1) is 0 Å². The summed E-state index contributed by atoms with van der Waals surface area (Å²) < 4.78 is 11.0. The number of hydrogen-bond donors (Lipinski definition) is 2. The van der Waals surface area contributed by atoms with Gasteiger partial charge in [0.15, 0.2) is 17.1 Å². The van der Waals surface area contributed by atoms with Crippen LogP contribution in [0.1, 0.15) is 17.2 Å². The van der Waals surface area contributed by atoms with E-state index >= 15 is 0 Å². The molecule has 2 aromatic heterocycles. The molecule has 4 aromatic rings.